The second kappa shape index (κ2) is 12.6. The minimum atomic E-state index is -1.01. The van der Waals surface area contributed by atoms with Gasteiger partial charge in [0.25, 0.3) is 0 Å². The average Bonchev–Trinajstić information content (AvgIpc) is 2.75. The fourth-order valence-electron chi connectivity index (χ4n) is 2.53. The highest BCUT2D eigenvalue weighted by atomic mass is 32.2. The van der Waals surface area contributed by atoms with Crippen LogP contribution in [0.4, 0.5) is 11.4 Å². The van der Waals surface area contributed by atoms with Gasteiger partial charge >= 0.3 is 5.97 Å². The SMILES string of the molecule is CCCCOc1ccc(NC(=O)C(C)Sc2ccc(NC(=O)CCC(=O)O)cc2)cc1. The summed E-state index contributed by atoms with van der Waals surface area (Å²) in [7, 11) is 0. The first-order valence-corrected chi connectivity index (χ1v) is 11.1. The zero-order chi connectivity index (χ0) is 22.6. The van der Waals surface area contributed by atoms with Gasteiger partial charge in [-0.1, -0.05) is 13.3 Å². The fraction of sp³-hybridized carbons (Fsp3) is 0.348. The number of hydrogen-bond donors (Lipinski definition) is 3. The molecule has 2 rings (SSSR count). The van der Waals surface area contributed by atoms with Crippen LogP contribution in [0.15, 0.2) is 53.4 Å². The average molecular weight is 445 g/mol. The molecule has 2 aromatic rings. The van der Waals surface area contributed by atoms with Crippen LogP contribution in [0.25, 0.3) is 0 Å². The molecule has 0 heterocycles. The highest BCUT2D eigenvalue weighted by Crippen LogP contribution is 2.26. The van der Waals surface area contributed by atoms with Gasteiger partial charge in [-0.2, -0.15) is 0 Å². The van der Waals surface area contributed by atoms with E-state index in [9.17, 15) is 14.4 Å². The number of aliphatic carboxylic acids is 1. The van der Waals surface area contributed by atoms with Crippen molar-refractivity contribution < 1.29 is 24.2 Å². The van der Waals surface area contributed by atoms with E-state index in [-0.39, 0.29) is 29.9 Å². The van der Waals surface area contributed by atoms with Gasteiger partial charge in [-0.3, -0.25) is 14.4 Å². The molecule has 8 heteroatoms. The maximum atomic E-state index is 12.5. The third kappa shape index (κ3) is 9.13. The first-order chi connectivity index (χ1) is 14.9. The molecule has 7 nitrogen and oxygen atoms in total. The molecule has 0 saturated carbocycles. The smallest absolute Gasteiger partial charge is 0.303 e. The molecule has 1 unspecified atom stereocenters. The molecule has 0 aliphatic rings. The molecule has 0 saturated heterocycles. The van der Waals surface area contributed by atoms with Crippen molar-refractivity contribution in [3.05, 3.63) is 48.5 Å². The van der Waals surface area contributed by atoms with E-state index in [0.717, 1.165) is 23.5 Å². The largest absolute Gasteiger partial charge is 0.494 e. The summed E-state index contributed by atoms with van der Waals surface area (Å²) in [6, 6.07) is 14.4. The third-order valence-corrected chi connectivity index (χ3v) is 5.39. The second-order valence-electron chi connectivity index (χ2n) is 6.94. The molecule has 0 aliphatic heterocycles. The van der Waals surface area contributed by atoms with E-state index in [0.29, 0.717) is 18.0 Å². The Morgan fingerprint density at radius 1 is 0.968 bits per heavy atom. The Kier molecular flexibility index (Phi) is 9.90. The first-order valence-electron chi connectivity index (χ1n) is 10.2. The quantitative estimate of drug-likeness (QED) is 0.321. The Morgan fingerprint density at radius 3 is 2.19 bits per heavy atom. The summed E-state index contributed by atoms with van der Waals surface area (Å²) in [6.45, 7) is 4.61. The lowest BCUT2D eigenvalue weighted by Crippen LogP contribution is -2.22. The Labute approximate surface area is 186 Å². The normalized spacial score (nSPS) is 11.4. The zero-order valence-corrected chi connectivity index (χ0v) is 18.5. The molecule has 3 N–H and O–H groups in total. The predicted octanol–water partition coefficient (Wildman–Crippen LogP) is 4.79. The summed E-state index contributed by atoms with van der Waals surface area (Å²) in [6.07, 6.45) is 1.80. The van der Waals surface area contributed by atoms with Crippen molar-refractivity contribution in [2.75, 3.05) is 17.2 Å². The molecule has 0 radical (unpaired) electrons. The van der Waals surface area contributed by atoms with Crippen molar-refractivity contribution in [1.82, 2.24) is 0 Å². The Balaban J connectivity index is 1.81. The van der Waals surface area contributed by atoms with Crippen molar-refractivity contribution in [3.63, 3.8) is 0 Å². The molecule has 0 bridgehead atoms. The van der Waals surface area contributed by atoms with Crippen molar-refractivity contribution in [3.8, 4) is 5.75 Å². The standard InChI is InChI=1S/C23H28N2O5S/c1-3-4-15-30-19-9-5-18(6-10-19)25-23(29)16(2)31-20-11-7-17(8-12-20)24-21(26)13-14-22(27)28/h5-12,16H,3-4,13-15H2,1-2H3,(H,24,26)(H,25,29)(H,27,28). The number of hydrogen-bond acceptors (Lipinski definition) is 5. The van der Waals surface area contributed by atoms with Gasteiger partial charge in [0.1, 0.15) is 5.75 Å². The highest BCUT2D eigenvalue weighted by Gasteiger charge is 2.15. The van der Waals surface area contributed by atoms with E-state index in [4.69, 9.17) is 9.84 Å². The van der Waals surface area contributed by atoms with Crippen LogP contribution in [0.1, 0.15) is 39.5 Å². The number of thioether (sulfide) groups is 1. The van der Waals surface area contributed by atoms with Crippen molar-refractivity contribution in [2.45, 2.75) is 49.7 Å². The van der Waals surface area contributed by atoms with Gasteiger partial charge in [0.05, 0.1) is 18.3 Å². The second-order valence-corrected chi connectivity index (χ2v) is 8.36. The van der Waals surface area contributed by atoms with Crippen molar-refractivity contribution >= 4 is 40.9 Å². The van der Waals surface area contributed by atoms with Crippen LogP contribution in [0.2, 0.25) is 0 Å². The van der Waals surface area contributed by atoms with Gasteiger partial charge in [0, 0.05) is 22.7 Å². The number of carboxylic acids is 1. The number of carboxylic acid groups (broad SMARTS) is 1. The molecule has 166 valence electrons. The zero-order valence-electron chi connectivity index (χ0n) is 17.7. The van der Waals surface area contributed by atoms with E-state index < -0.39 is 5.97 Å². The number of benzene rings is 2. The summed E-state index contributed by atoms with van der Waals surface area (Å²) < 4.78 is 5.62. The highest BCUT2D eigenvalue weighted by molar-refractivity contribution is 8.00. The van der Waals surface area contributed by atoms with E-state index >= 15 is 0 Å². The van der Waals surface area contributed by atoms with Crippen LogP contribution in [0.3, 0.4) is 0 Å². The number of anilines is 2. The Morgan fingerprint density at radius 2 is 1.58 bits per heavy atom. The van der Waals surface area contributed by atoms with Gasteiger partial charge in [-0.15, -0.1) is 11.8 Å². The molecule has 1 atom stereocenters. The molecular formula is C23H28N2O5S. The molecular weight excluding hydrogens is 416 g/mol. The third-order valence-electron chi connectivity index (χ3n) is 4.27. The number of ether oxygens (including phenoxy) is 1. The van der Waals surface area contributed by atoms with Crippen LogP contribution < -0.4 is 15.4 Å². The minimum Gasteiger partial charge on any atom is -0.494 e. The number of carbonyl (C=O) groups is 3. The van der Waals surface area contributed by atoms with Gasteiger partial charge < -0.3 is 20.5 Å². The molecule has 0 fully saturated rings. The van der Waals surface area contributed by atoms with Crippen LogP contribution in [0, 0.1) is 0 Å². The van der Waals surface area contributed by atoms with Crippen LogP contribution in [0.5, 0.6) is 5.75 Å². The van der Waals surface area contributed by atoms with E-state index in [1.165, 1.54) is 11.8 Å². The monoisotopic (exact) mass is 444 g/mol. The number of unbranched alkanes of at least 4 members (excludes halogenated alkanes) is 1. The van der Waals surface area contributed by atoms with E-state index in [2.05, 4.69) is 17.6 Å². The summed E-state index contributed by atoms with van der Waals surface area (Å²) in [5.41, 5.74) is 1.29. The first kappa shape index (κ1) is 24.3. The number of amides is 2. The maximum Gasteiger partial charge on any atom is 0.303 e. The molecule has 0 spiro atoms. The van der Waals surface area contributed by atoms with Gasteiger partial charge in [0.2, 0.25) is 11.8 Å². The van der Waals surface area contributed by atoms with Gasteiger partial charge in [0.15, 0.2) is 0 Å². The number of nitrogens with one attached hydrogen (secondary N) is 2. The summed E-state index contributed by atoms with van der Waals surface area (Å²) >= 11 is 1.40. The van der Waals surface area contributed by atoms with E-state index in [1.807, 2.05) is 43.3 Å². The minimum absolute atomic E-state index is 0.0745. The molecule has 0 aliphatic carbocycles. The van der Waals surface area contributed by atoms with Gasteiger partial charge in [-0.05, 0) is 61.9 Å². The topological polar surface area (TPSA) is 105 Å². The van der Waals surface area contributed by atoms with E-state index in [1.54, 1.807) is 12.1 Å². The van der Waals surface area contributed by atoms with Crippen LogP contribution in [-0.2, 0) is 14.4 Å². The Bertz CT molecular complexity index is 869. The fourth-order valence-corrected chi connectivity index (χ4v) is 3.40. The van der Waals surface area contributed by atoms with Crippen molar-refractivity contribution in [2.24, 2.45) is 0 Å². The lowest BCUT2D eigenvalue weighted by atomic mass is 10.2. The van der Waals surface area contributed by atoms with Crippen LogP contribution >= 0.6 is 11.8 Å². The lowest BCUT2D eigenvalue weighted by Gasteiger charge is -2.13. The summed E-state index contributed by atoms with van der Waals surface area (Å²) in [5.74, 6) is -0.692. The number of carbonyl (C=O) groups excluding carboxylic acids is 2. The maximum absolute atomic E-state index is 12.5. The molecule has 2 amide bonds. The predicted molar refractivity (Wildman–Crippen MR) is 123 cm³/mol. The number of rotatable bonds is 12. The molecule has 2 aromatic carbocycles. The van der Waals surface area contributed by atoms with Crippen LogP contribution in [-0.4, -0.2) is 34.7 Å². The summed E-state index contributed by atoms with van der Waals surface area (Å²) in [4.78, 5) is 35.6. The Hall–Kier alpha value is -3.00. The molecule has 0 aromatic heterocycles. The van der Waals surface area contributed by atoms with Crippen molar-refractivity contribution in [1.29, 1.82) is 0 Å². The molecule has 31 heavy (non-hydrogen) atoms. The lowest BCUT2D eigenvalue weighted by molar-refractivity contribution is -0.138. The summed E-state index contributed by atoms with van der Waals surface area (Å²) in [5, 5.41) is 13.8. The van der Waals surface area contributed by atoms with Gasteiger partial charge in [-0.25, -0.2) is 0 Å².